The first-order chi connectivity index (χ1) is 10.3. The second-order valence-corrected chi connectivity index (χ2v) is 4.18. The Bertz CT molecular complexity index is 543. The van der Waals surface area contributed by atoms with Crippen LogP contribution in [0.25, 0.3) is 0 Å². The summed E-state index contributed by atoms with van der Waals surface area (Å²) < 4.78 is 16.2. The number of nitrogens with zero attached hydrogens (tertiary/aromatic N) is 1. The minimum Gasteiger partial charge on any atom is -0.492 e. The molecule has 1 aromatic carbocycles. The third-order valence-corrected chi connectivity index (χ3v) is 2.68. The minimum absolute atomic E-state index is 0. The second kappa shape index (κ2) is 10.00. The molecule has 0 spiro atoms. The van der Waals surface area contributed by atoms with Crippen molar-refractivity contribution in [3.05, 3.63) is 18.2 Å². The molecule has 1 aliphatic heterocycles. The molecule has 120 valence electrons. The van der Waals surface area contributed by atoms with Gasteiger partial charge >= 0.3 is 0 Å². The Hall–Kier alpha value is -1.82. The van der Waals surface area contributed by atoms with Crippen molar-refractivity contribution < 1.29 is 14.2 Å². The van der Waals surface area contributed by atoms with Gasteiger partial charge in [-0.15, -0.1) is 30.4 Å². The number of fused-ring (bicyclic) bond motifs is 1. The van der Waals surface area contributed by atoms with Crippen molar-refractivity contribution in [2.24, 2.45) is 4.99 Å². The van der Waals surface area contributed by atoms with E-state index in [1.165, 1.54) is 0 Å². The van der Waals surface area contributed by atoms with Crippen molar-refractivity contribution in [3.63, 3.8) is 0 Å². The van der Waals surface area contributed by atoms with Crippen LogP contribution in [-0.4, -0.2) is 39.0 Å². The van der Waals surface area contributed by atoms with Gasteiger partial charge < -0.3 is 24.8 Å². The van der Waals surface area contributed by atoms with E-state index in [1.54, 1.807) is 0 Å². The lowest BCUT2D eigenvalue weighted by atomic mass is 10.3. The van der Waals surface area contributed by atoms with E-state index < -0.39 is 0 Å². The van der Waals surface area contributed by atoms with Gasteiger partial charge in [0, 0.05) is 12.6 Å². The third-order valence-electron chi connectivity index (χ3n) is 2.68. The lowest BCUT2D eigenvalue weighted by Gasteiger charge is -2.09. The molecule has 2 rings (SSSR count). The van der Waals surface area contributed by atoms with Crippen LogP contribution in [0.2, 0.25) is 0 Å². The van der Waals surface area contributed by atoms with E-state index in [4.69, 9.17) is 20.6 Å². The molecule has 0 aromatic heterocycles. The third kappa shape index (κ3) is 5.52. The fraction of sp³-hybridized carbons (Fsp3) is 0.400. The van der Waals surface area contributed by atoms with Gasteiger partial charge in [0.15, 0.2) is 17.5 Å². The molecule has 0 radical (unpaired) electrons. The molecule has 7 heteroatoms. The van der Waals surface area contributed by atoms with Crippen molar-refractivity contribution in [1.82, 2.24) is 10.6 Å². The van der Waals surface area contributed by atoms with E-state index in [-0.39, 0.29) is 30.8 Å². The Kier molecular flexibility index (Phi) is 8.28. The summed E-state index contributed by atoms with van der Waals surface area (Å²) in [6.45, 7) is 4.46. The van der Waals surface area contributed by atoms with Gasteiger partial charge in [0.05, 0.1) is 13.1 Å². The topological polar surface area (TPSA) is 64.1 Å². The molecule has 0 unspecified atom stereocenters. The highest BCUT2D eigenvalue weighted by molar-refractivity contribution is 14.0. The first kappa shape index (κ1) is 18.2. The van der Waals surface area contributed by atoms with E-state index in [0.717, 1.165) is 18.0 Å². The molecule has 0 saturated carbocycles. The number of hydrogen-bond donors (Lipinski definition) is 2. The van der Waals surface area contributed by atoms with E-state index in [9.17, 15) is 0 Å². The van der Waals surface area contributed by atoms with Crippen molar-refractivity contribution in [2.75, 3.05) is 33.0 Å². The van der Waals surface area contributed by atoms with Gasteiger partial charge in [-0.1, -0.05) is 5.92 Å². The normalized spacial score (nSPS) is 12.1. The summed E-state index contributed by atoms with van der Waals surface area (Å²) >= 11 is 0. The van der Waals surface area contributed by atoms with Crippen molar-refractivity contribution >= 4 is 29.9 Å². The van der Waals surface area contributed by atoms with Crippen LogP contribution in [0.3, 0.4) is 0 Å². The fourth-order valence-electron chi connectivity index (χ4n) is 1.76. The summed E-state index contributed by atoms with van der Waals surface area (Å²) in [6.07, 6.45) is 5.21. The number of benzene rings is 1. The Morgan fingerprint density at radius 1 is 1.36 bits per heavy atom. The maximum absolute atomic E-state index is 5.63. The molecule has 0 bridgehead atoms. The molecule has 1 aromatic rings. The summed E-state index contributed by atoms with van der Waals surface area (Å²) in [7, 11) is 0. The van der Waals surface area contributed by atoms with Crippen LogP contribution < -0.4 is 24.8 Å². The average molecular weight is 417 g/mol. The summed E-state index contributed by atoms with van der Waals surface area (Å²) in [6, 6.07) is 5.49. The lowest BCUT2D eigenvalue weighted by molar-refractivity contribution is 0.174. The van der Waals surface area contributed by atoms with E-state index >= 15 is 0 Å². The molecule has 0 fully saturated rings. The SMILES string of the molecule is C#CCNC(=NCCOc1ccc2c(c1)OCO2)NCC.I. The van der Waals surface area contributed by atoms with Gasteiger partial charge in [-0.05, 0) is 19.1 Å². The van der Waals surface area contributed by atoms with Crippen LogP contribution in [-0.2, 0) is 0 Å². The number of halogens is 1. The summed E-state index contributed by atoms with van der Waals surface area (Å²) in [5.74, 6) is 5.38. The van der Waals surface area contributed by atoms with Crippen LogP contribution >= 0.6 is 24.0 Å². The zero-order chi connectivity index (χ0) is 14.9. The molecule has 0 aliphatic carbocycles. The lowest BCUT2D eigenvalue weighted by Crippen LogP contribution is -2.37. The average Bonchev–Trinajstić information content (AvgIpc) is 2.96. The van der Waals surface area contributed by atoms with Crippen LogP contribution in [0, 0.1) is 12.3 Å². The number of hydrogen-bond acceptors (Lipinski definition) is 4. The van der Waals surface area contributed by atoms with E-state index in [2.05, 4.69) is 21.5 Å². The minimum atomic E-state index is 0. The molecule has 0 saturated heterocycles. The molecule has 2 N–H and O–H groups in total. The van der Waals surface area contributed by atoms with Gasteiger partial charge in [-0.25, -0.2) is 4.99 Å². The number of aliphatic imine (C=N–C) groups is 1. The molecule has 1 aliphatic rings. The maximum atomic E-state index is 5.63. The van der Waals surface area contributed by atoms with Gasteiger partial charge in [-0.2, -0.15) is 0 Å². The monoisotopic (exact) mass is 417 g/mol. The number of rotatable bonds is 6. The van der Waals surface area contributed by atoms with Gasteiger partial charge in [0.25, 0.3) is 0 Å². The Morgan fingerprint density at radius 2 is 2.18 bits per heavy atom. The molecule has 0 amide bonds. The van der Waals surface area contributed by atoms with E-state index in [0.29, 0.717) is 31.4 Å². The first-order valence-corrected chi connectivity index (χ1v) is 6.81. The number of ether oxygens (including phenoxy) is 3. The fourth-order valence-corrected chi connectivity index (χ4v) is 1.76. The molecule has 0 atom stereocenters. The summed E-state index contributed by atoms with van der Waals surface area (Å²) in [5, 5.41) is 6.11. The molecular weight excluding hydrogens is 397 g/mol. The quantitative estimate of drug-likeness (QED) is 0.242. The highest BCUT2D eigenvalue weighted by Gasteiger charge is 2.13. The van der Waals surface area contributed by atoms with Gasteiger partial charge in [-0.3, -0.25) is 0 Å². The highest BCUT2D eigenvalue weighted by Crippen LogP contribution is 2.34. The van der Waals surface area contributed by atoms with Crippen LogP contribution in [0.1, 0.15) is 6.92 Å². The zero-order valence-corrected chi connectivity index (χ0v) is 14.8. The van der Waals surface area contributed by atoms with Crippen molar-refractivity contribution in [3.8, 4) is 29.6 Å². The van der Waals surface area contributed by atoms with Gasteiger partial charge in [0.2, 0.25) is 6.79 Å². The molecule has 6 nitrogen and oxygen atoms in total. The van der Waals surface area contributed by atoms with Crippen molar-refractivity contribution in [1.29, 1.82) is 0 Å². The second-order valence-electron chi connectivity index (χ2n) is 4.18. The van der Waals surface area contributed by atoms with Crippen LogP contribution in [0.5, 0.6) is 17.2 Å². The van der Waals surface area contributed by atoms with Gasteiger partial charge in [0.1, 0.15) is 12.4 Å². The zero-order valence-electron chi connectivity index (χ0n) is 12.4. The first-order valence-electron chi connectivity index (χ1n) is 6.81. The highest BCUT2D eigenvalue weighted by atomic mass is 127. The predicted octanol–water partition coefficient (Wildman–Crippen LogP) is 1.60. The molecule has 22 heavy (non-hydrogen) atoms. The largest absolute Gasteiger partial charge is 0.492 e. The molecule has 1 heterocycles. The Morgan fingerprint density at radius 3 is 2.95 bits per heavy atom. The van der Waals surface area contributed by atoms with Crippen LogP contribution in [0.4, 0.5) is 0 Å². The Labute approximate surface area is 147 Å². The summed E-state index contributed by atoms with van der Waals surface area (Å²) in [5.41, 5.74) is 0. The number of terminal acetylenes is 1. The standard InChI is InChI=1S/C15H19N3O3.HI/c1-3-7-17-15(16-4-2)18-8-9-19-12-5-6-13-14(10-12)21-11-20-13;/h1,5-6,10H,4,7-9,11H2,2H3,(H2,16,17,18);1H. The summed E-state index contributed by atoms with van der Waals surface area (Å²) in [4.78, 5) is 4.36. The molecular formula is C15H20IN3O3. The predicted molar refractivity (Wildman–Crippen MR) is 96.3 cm³/mol. The van der Waals surface area contributed by atoms with E-state index in [1.807, 2.05) is 25.1 Å². The maximum Gasteiger partial charge on any atom is 0.231 e. The smallest absolute Gasteiger partial charge is 0.231 e. The van der Waals surface area contributed by atoms with Crippen LogP contribution in [0.15, 0.2) is 23.2 Å². The van der Waals surface area contributed by atoms with Crippen molar-refractivity contribution in [2.45, 2.75) is 6.92 Å². The number of nitrogens with one attached hydrogen (secondary N) is 2. The number of guanidine groups is 1. The Balaban J connectivity index is 0.00000242.